The fourth-order valence-corrected chi connectivity index (χ4v) is 5.75. The van der Waals surface area contributed by atoms with Gasteiger partial charge >= 0.3 is 0 Å². The van der Waals surface area contributed by atoms with Gasteiger partial charge in [0, 0.05) is 24.4 Å². The van der Waals surface area contributed by atoms with Gasteiger partial charge in [-0.3, -0.25) is 9.59 Å². The fraction of sp³-hybridized carbons (Fsp3) is 0.346. The molecule has 0 spiro atoms. The lowest BCUT2D eigenvalue weighted by Crippen LogP contribution is -2.38. The predicted molar refractivity (Wildman–Crippen MR) is 126 cm³/mol. The van der Waals surface area contributed by atoms with E-state index < -0.39 is 0 Å². The van der Waals surface area contributed by atoms with Gasteiger partial charge in [0.15, 0.2) is 0 Å². The second-order valence-corrected chi connectivity index (χ2v) is 9.68. The van der Waals surface area contributed by atoms with Crippen LogP contribution < -0.4 is 5.32 Å². The molecule has 1 aromatic heterocycles. The molecule has 2 aliphatic rings. The summed E-state index contributed by atoms with van der Waals surface area (Å²) in [5.41, 5.74) is 3.82. The number of rotatable bonds is 5. The van der Waals surface area contributed by atoms with Crippen molar-refractivity contribution in [2.75, 3.05) is 13.1 Å². The molecule has 1 N–H and O–H groups in total. The molecular weight excluding hydrogens is 437 g/mol. The number of piperidine rings is 1. The third kappa shape index (κ3) is 4.83. The van der Waals surface area contributed by atoms with E-state index in [0.29, 0.717) is 18.8 Å². The Morgan fingerprint density at radius 3 is 2.61 bits per heavy atom. The maximum Gasteiger partial charge on any atom is 0.271 e. The Morgan fingerprint density at radius 2 is 1.82 bits per heavy atom. The number of hydrogen-bond donors (Lipinski definition) is 1. The monoisotopic (exact) mass is 463 g/mol. The summed E-state index contributed by atoms with van der Waals surface area (Å²) in [5, 5.41) is 5.96. The van der Waals surface area contributed by atoms with Crippen molar-refractivity contribution in [3.63, 3.8) is 0 Å². The normalized spacial score (nSPS) is 18.2. The van der Waals surface area contributed by atoms with Crippen LogP contribution in [0.5, 0.6) is 0 Å². The van der Waals surface area contributed by atoms with Crippen LogP contribution in [-0.4, -0.2) is 34.8 Å². The van der Waals surface area contributed by atoms with Crippen molar-refractivity contribution in [1.29, 1.82) is 0 Å². The van der Waals surface area contributed by atoms with Crippen LogP contribution >= 0.6 is 11.3 Å². The number of nitrogens with one attached hydrogen (secondary N) is 1. The van der Waals surface area contributed by atoms with E-state index in [1.807, 2.05) is 22.4 Å². The summed E-state index contributed by atoms with van der Waals surface area (Å²) in [7, 11) is 0. The first-order valence-corrected chi connectivity index (χ1v) is 12.3. The molecule has 33 heavy (non-hydrogen) atoms. The number of aryl methyl sites for hydroxylation is 1. The van der Waals surface area contributed by atoms with Crippen molar-refractivity contribution < 1.29 is 14.0 Å². The molecule has 7 heteroatoms. The summed E-state index contributed by atoms with van der Waals surface area (Å²) < 4.78 is 13.1. The SMILES string of the molecule is O=C(NC1CCc2ccccc21)c1csc(C2CCN(C(=O)Cc3ccc(F)cc3)CC2)n1. The van der Waals surface area contributed by atoms with E-state index in [1.54, 1.807) is 12.1 Å². The molecular formula is C26H26FN3O2S. The number of halogens is 1. The van der Waals surface area contributed by atoms with Gasteiger partial charge in [0.25, 0.3) is 5.91 Å². The summed E-state index contributed by atoms with van der Waals surface area (Å²) >= 11 is 1.53. The van der Waals surface area contributed by atoms with Crippen molar-refractivity contribution in [2.45, 2.75) is 44.1 Å². The molecule has 2 heterocycles. The van der Waals surface area contributed by atoms with Crippen LogP contribution in [0.3, 0.4) is 0 Å². The van der Waals surface area contributed by atoms with Crippen molar-refractivity contribution >= 4 is 23.2 Å². The van der Waals surface area contributed by atoms with E-state index in [-0.39, 0.29) is 36.0 Å². The first-order chi connectivity index (χ1) is 16.1. The largest absolute Gasteiger partial charge is 0.344 e. The minimum absolute atomic E-state index is 0.0502. The number of thiazole rings is 1. The van der Waals surface area contributed by atoms with Crippen molar-refractivity contribution in [2.24, 2.45) is 0 Å². The van der Waals surface area contributed by atoms with Crippen molar-refractivity contribution in [1.82, 2.24) is 15.2 Å². The van der Waals surface area contributed by atoms with E-state index in [1.165, 1.54) is 34.6 Å². The minimum atomic E-state index is -0.295. The smallest absolute Gasteiger partial charge is 0.271 e. The van der Waals surface area contributed by atoms with E-state index in [0.717, 1.165) is 36.3 Å². The summed E-state index contributed by atoms with van der Waals surface area (Å²) in [6.07, 6.45) is 3.87. The van der Waals surface area contributed by atoms with E-state index in [2.05, 4.69) is 22.4 Å². The number of fused-ring (bicyclic) bond motifs is 1. The van der Waals surface area contributed by atoms with Crippen LogP contribution in [0.15, 0.2) is 53.9 Å². The van der Waals surface area contributed by atoms with Gasteiger partial charge in [0.1, 0.15) is 11.5 Å². The van der Waals surface area contributed by atoms with E-state index in [4.69, 9.17) is 0 Å². The van der Waals surface area contributed by atoms with Crippen molar-refractivity contribution in [3.05, 3.63) is 87.1 Å². The molecule has 2 aromatic carbocycles. The Morgan fingerprint density at radius 1 is 1.06 bits per heavy atom. The van der Waals surface area contributed by atoms with Gasteiger partial charge in [-0.2, -0.15) is 0 Å². The van der Waals surface area contributed by atoms with Gasteiger partial charge in [0.05, 0.1) is 17.5 Å². The zero-order valence-corrected chi connectivity index (χ0v) is 19.1. The Kier molecular flexibility index (Phi) is 6.22. The molecule has 1 aliphatic heterocycles. The lowest BCUT2D eigenvalue weighted by atomic mass is 9.97. The van der Waals surface area contributed by atoms with Gasteiger partial charge in [-0.15, -0.1) is 11.3 Å². The summed E-state index contributed by atoms with van der Waals surface area (Å²) in [5.74, 6) is -0.0857. The van der Waals surface area contributed by atoms with Crippen LogP contribution in [-0.2, 0) is 17.6 Å². The highest BCUT2D eigenvalue weighted by atomic mass is 32.1. The third-order valence-corrected chi connectivity index (χ3v) is 7.67. The predicted octanol–water partition coefficient (Wildman–Crippen LogP) is 4.65. The standard InChI is InChI=1S/C26H26FN3O2S/c27-20-8-5-17(6-9-20)15-24(31)30-13-11-19(12-14-30)26-29-23(16-33-26)25(32)28-22-10-7-18-3-1-2-4-21(18)22/h1-6,8-9,16,19,22H,7,10-15H2,(H,28,32). The Balaban J connectivity index is 1.14. The second kappa shape index (κ2) is 9.43. The Labute approximate surface area is 196 Å². The summed E-state index contributed by atoms with van der Waals surface area (Å²) in [6.45, 7) is 1.34. The summed E-state index contributed by atoms with van der Waals surface area (Å²) in [6, 6.07) is 14.4. The second-order valence-electron chi connectivity index (χ2n) is 8.79. The number of benzene rings is 2. The molecule has 0 bridgehead atoms. The molecule has 1 saturated heterocycles. The minimum Gasteiger partial charge on any atom is -0.344 e. The summed E-state index contributed by atoms with van der Waals surface area (Å²) in [4.78, 5) is 31.9. The average molecular weight is 464 g/mol. The highest BCUT2D eigenvalue weighted by Gasteiger charge is 2.28. The van der Waals surface area contributed by atoms with Crippen molar-refractivity contribution in [3.8, 4) is 0 Å². The van der Waals surface area contributed by atoms with Gasteiger partial charge < -0.3 is 10.2 Å². The lowest BCUT2D eigenvalue weighted by Gasteiger charge is -2.31. The van der Waals surface area contributed by atoms with Gasteiger partial charge in [-0.05, 0) is 54.5 Å². The molecule has 5 rings (SSSR count). The molecule has 1 fully saturated rings. The number of carbonyl (C=O) groups excluding carboxylic acids is 2. The first-order valence-electron chi connectivity index (χ1n) is 11.4. The zero-order valence-electron chi connectivity index (χ0n) is 18.3. The number of carbonyl (C=O) groups is 2. The third-order valence-electron chi connectivity index (χ3n) is 6.66. The van der Waals surface area contributed by atoms with Gasteiger partial charge in [-0.25, -0.2) is 9.37 Å². The van der Waals surface area contributed by atoms with Crippen LogP contribution in [0.2, 0.25) is 0 Å². The maximum absolute atomic E-state index is 13.1. The van der Waals surface area contributed by atoms with E-state index >= 15 is 0 Å². The van der Waals surface area contributed by atoms with Crippen LogP contribution in [0.1, 0.15) is 63.4 Å². The highest BCUT2D eigenvalue weighted by molar-refractivity contribution is 7.09. The van der Waals surface area contributed by atoms with Gasteiger partial charge in [0.2, 0.25) is 5.91 Å². The number of nitrogens with zero attached hydrogens (tertiary/aromatic N) is 2. The van der Waals surface area contributed by atoms with Crippen LogP contribution in [0, 0.1) is 5.82 Å². The molecule has 1 atom stereocenters. The molecule has 1 aliphatic carbocycles. The molecule has 5 nitrogen and oxygen atoms in total. The maximum atomic E-state index is 13.1. The average Bonchev–Trinajstić information content (AvgIpc) is 3.49. The Bertz CT molecular complexity index is 1150. The topological polar surface area (TPSA) is 62.3 Å². The molecule has 2 amide bonds. The number of amides is 2. The lowest BCUT2D eigenvalue weighted by molar-refractivity contribution is -0.131. The van der Waals surface area contributed by atoms with E-state index in [9.17, 15) is 14.0 Å². The highest BCUT2D eigenvalue weighted by Crippen LogP contribution is 2.33. The molecule has 0 saturated carbocycles. The first kappa shape index (κ1) is 21.8. The Hall–Kier alpha value is -3.06. The zero-order chi connectivity index (χ0) is 22.8. The molecule has 3 aromatic rings. The fourth-order valence-electron chi connectivity index (χ4n) is 4.78. The number of hydrogen-bond acceptors (Lipinski definition) is 4. The molecule has 0 radical (unpaired) electrons. The quantitative estimate of drug-likeness (QED) is 0.599. The molecule has 1 unspecified atom stereocenters. The van der Waals surface area contributed by atoms with Crippen LogP contribution in [0.25, 0.3) is 0 Å². The molecule has 170 valence electrons. The number of aromatic nitrogens is 1. The van der Waals surface area contributed by atoms with Gasteiger partial charge in [-0.1, -0.05) is 36.4 Å². The van der Waals surface area contributed by atoms with Crippen LogP contribution in [0.4, 0.5) is 4.39 Å². The number of likely N-dealkylation sites (tertiary alicyclic amines) is 1.